The van der Waals surface area contributed by atoms with E-state index in [0.29, 0.717) is 11.8 Å². The van der Waals surface area contributed by atoms with Crippen LogP contribution in [-0.2, 0) is 0 Å². The van der Waals surface area contributed by atoms with E-state index >= 15 is 0 Å². The Balaban J connectivity index is 0.000000138. The van der Waals surface area contributed by atoms with Gasteiger partial charge in [0.15, 0.2) is 5.82 Å². The van der Waals surface area contributed by atoms with Gasteiger partial charge in [0, 0.05) is 87.6 Å². The van der Waals surface area contributed by atoms with Crippen molar-refractivity contribution in [3.05, 3.63) is 400 Å². The van der Waals surface area contributed by atoms with E-state index in [1.165, 1.54) is 104 Å². The van der Waals surface area contributed by atoms with E-state index in [4.69, 9.17) is 19.9 Å². The van der Waals surface area contributed by atoms with Gasteiger partial charge in [-0.15, -0.1) is 0 Å². The van der Waals surface area contributed by atoms with Gasteiger partial charge in [-0.3, -0.25) is 4.57 Å². The molecule has 0 aliphatic rings. The summed E-state index contributed by atoms with van der Waals surface area (Å²) in [6, 6.07) is 143. The second kappa shape index (κ2) is 26.4. The first kappa shape index (κ1) is 64.1. The third kappa shape index (κ3) is 10.7. The van der Waals surface area contributed by atoms with Crippen molar-refractivity contribution in [2.24, 2.45) is 0 Å². The normalized spacial score (nSPS) is 11.8. The fourth-order valence-electron chi connectivity index (χ4n) is 17.2. The number of aromatic nitrogens is 8. The molecule has 0 fully saturated rings. The maximum atomic E-state index is 5.37. The minimum Gasteiger partial charge on any atom is -0.309 e. The molecule has 23 aromatic rings. The molecule has 6 heterocycles. The van der Waals surface area contributed by atoms with Gasteiger partial charge < -0.3 is 13.7 Å². The van der Waals surface area contributed by atoms with E-state index in [1.54, 1.807) is 0 Å². The van der Waals surface area contributed by atoms with Crippen molar-refractivity contribution in [2.75, 3.05) is 0 Å². The average molecular weight is 1430 g/mol. The van der Waals surface area contributed by atoms with E-state index in [-0.39, 0.29) is 0 Å². The third-order valence-electron chi connectivity index (χ3n) is 22.5. The lowest BCUT2D eigenvalue weighted by Crippen LogP contribution is -2.03. The molecule has 17 aromatic carbocycles. The summed E-state index contributed by atoms with van der Waals surface area (Å²) >= 11 is 0. The van der Waals surface area contributed by atoms with E-state index in [1.807, 2.05) is 18.2 Å². The summed E-state index contributed by atoms with van der Waals surface area (Å²) in [6.45, 7) is 0. The molecule has 23 rings (SSSR count). The van der Waals surface area contributed by atoms with Crippen LogP contribution in [0.15, 0.2) is 400 Å². The Morgan fingerprint density at radius 1 is 0.170 bits per heavy atom. The Bertz CT molecular complexity index is 7650. The number of fused-ring (bicyclic) bond motifs is 16. The first-order valence-electron chi connectivity index (χ1n) is 38.1. The molecule has 8 nitrogen and oxygen atoms in total. The number of para-hydroxylation sites is 7. The maximum Gasteiger partial charge on any atom is 0.235 e. The lowest BCUT2D eigenvalue weighted by atomic mass is 9.99. The van der Waals surface area contributed by atoms with Crippen LogP contribution in [0.2, 0.25) is 0 Å². The Morgan fingerprint density at radius 2 is 0.527 bits per heavy atom. The lowest BCUT2D eigenvalue weighted by molar-refractivity contribution is 1.01. The van der Waals surface area contributed by atoms with Crippen LogP contribution in [-0.4, -0.2) is 38.2 Å². The van der Waals surface area contributed by atoms with Gasteiger partial charge in [-0.25, -0.2) is 19.9 Å². The molecule has 0 aliphatic carbocycles. The molecule has 0 amide bonds. The summed E-state index contributed by atoms with van der Waals surface area (Å²) in [4.78, 5) is 20.8. The maximum absolute atomic E-state index is 5.37. The summed E-state index contributed by atoms with van der Waals surface area (Å²) in [7, 11) is 0. The Labute approximate surface area is 644 Å². The van der Waals surface area contributed by atoms with Crippen molar-refractivity contribution in [1.82, 2.24) is 38.2 Å². The predicted octanol–water partition coefficient (Wildman–Crippen LogP) is 26.8. The molecule has 0 atom stereocenters. The molecule has 0 N–H and O–H groups in total. The second-order valence-electron chi connectivity index (χ2n) is 28.8. The topological polar surface area (TPSA) is 71.3 Å². The molecule has 0 saturated heterocycles. The fraction of sp³-hybridized carbons (Fsp3) is 0. The first-order valence-corrected chi connectivity index (χ1v) is 38.1. The molecule has 112 heavy (non-hydrogen) atoms. The third-order valence-corrected chi connectivity index (χ3v) is 22.5. The summed E-state index contributed by atoms with van der Waals surface area (Å²) in [6.07, 6.45) is 0. The number of nitrogens with zero attached hydrogens (tertiary/aromatic N) is 8. The molecule has 0 radical (unpaired) electrons. The van der Waals surface area contributed by atoms with Crippen molar-refractivity contribution < 1.29 is 0 Å². The monoisotopic (exact) mass is 1430 g/mol. The van der Waals surface area contributed by atoms with Crippen molar-refractivity contribution in [2.45, 2.75) is 0 Å². The van der Waals surface area contributed by atoms with Crippen LogP contribution in [0.25, 0.3) is 210 Å². The highest BCUT2D eigenvalue weighted by Crippen LogP contribution is 2.44. The largest absolute Gasteiger partial charge is 0.309 e. The van der Waals surface area contributed by atoms with Gasteiger partial charge >= 0.3 is 0 Å². The molecule has 8 heteroatoms. The van der Waals surface area contributed by atoms with Gasteiger partial charge in [0.1, 0.15) is 0 Å². The van der Waals surface area contributed by atoms with Gasteiger partial charge in [-0.1, -0.05) is 273 Å². The number of hydrogen-bond donors (Lipinski definition) is 0. The van der Waals surface area contributed by atoms with Crippen molar-refractivity contribution in [1.29, 1.82) is 0 Å². The number of rotatable bonds is 10. The van der Waals surface area contributed by atoms with Gasteiger partial charge in [0.2, 0.25) is 5.95 Å². The van der Waals surface area contributed by atoms with E-state index < -0.39 is 0 Å². The highest BCUT2D eigenvalue weighted by molar-refractivity contribution is 6.22. The molecular formula is C104H66N8. The fourth-order valence-corrected chi connectivity index (χ4v) is 17.2. The van der Waals surface area contributed by atoms with Crippen LogP contribution in [0.1, 0.15) is 0 Å². The van der Waals surface area contributed by atoms with Crippen LogP contribution < -0.4 is 0 Å². The zero-order chi connectivity index (χ0) is 73.7. The Morgan fingerprint density at radius 3 is 1.12 bits per heavy atom. The molecule has 0 unspecified atom stereocenters. The minimum absolute atomic E-state index is 0.653. The van der Waals surface area contributed by atoms with Crippen LogP contribution in [0.4, 0.5) is 0 Å². The smallest absolute Gasteiger partial charge is 0.235 e. The average Bonchev–Trinajstić information content (AvgIpc) is 1.56. The highest BCUT2D eigenvalue weighted by atomic mass is 15.2. The summed E-state index contributed by atoms with van der Waals surface area (Å²) < 4.78 is 9.37. The quantitative estimate of drug-likeness (QED) is 0.137. The van der Waals surface area contributed by atoms with Crippen molar-refractivity contribution >= 4 is 120 Å². The molecule has 0 spiro atoms. The van der Waals surface area contributed by atoms with Crippen molar-refractivity contribution in [3.63, 3.8) is 0 Å². The SMILES string of the molecule is c1ccc(-c2ccc(-c3nc(-n4c5ccccc5c5ccc(-c6ccc7c(c6)c6ccccc6n7-c6ccccc6)cc54)nc4ccccc34)cc2)cc1.c1ccc(-c2nc(-c3ccc(-n4c5ccc(-c6ccc7c(c6)c6ccccc6n7-c6ccccc6)cc5c5c6ccccc6ccc54)cc3)nc3ccccc23)cc1. The number of benzene rings is 17. The van der Waals surface area contributed by atoms with Crippen LogP contribution in [0.3, 0.4) is 0 Å². The van der Waals surface area contributed by atoms with Crippen molar-refractivity contribution in [3.8, 4) is 90.3 Å². The molecule has 0 aliphatic heterocycles. The highest BCUT2D eigenvalue weighted by Gasteiger charge is 2.23. The molecular weight excluding hydrogens is 1360 g/mol. The Hall–Kier alpha value is -15.1. The zero-order valence-electron chi connectivity index (χ0n) is 60.7. The molecule has 0 bridgehead atoms. The second-order valence-corrected chi connectivity index (χ2v) is 28.8. The van der Waals surface area contributed by atoms with E-state index in [9.17, 15) is 0 Å². The summed E-state index contributed by atoms with van der Waals surface area (Å²) in [5, 5.41) is 14.3. The standard InChI is InChI=1S/C54H34N4.C50H32N4/c1-3-14-36(15-4-1)53-44-20-9-11-21-47(44)55-54(56-53)37-23-28-41(29-24-37)58-50-31-27-39(34-46(50)52-42-18-8-7-13-35(42)25-32-51(52)58)38-26-30-49-45(33-38)43-19-10-12-22-48(43)57(49)40-16-5-2-6-17-40;1-3-13-33(14-4-1)34-23-25-35(26-24-34)49-42-19-7-10-20-44(42)51-50(52-49)54-46-22-12-8-17-39(46)41-29-27-37(32-48(41)54)36-28-30-47-43(31-36)40-18-9-11-21-45(40)53(47)38-15-5-2-6-16-38/h1-34H;1-32H. The van der Waals surface area contributed by atoms with E-state index in [2.05, 4.69) is 400 Å². The van der Waals surface area contributed by atoms with Gasteiger partial charge in [0.25, 0.3) is 0 Å². The van der Waals surface area contributed by atoms with Crippen LogP contribution >= 0.6 is 0 Å². The molecule has 0 saturated carbocycles. The predicted molar refractivity (Wildman–Crippen MR) is 467 cm³/mol. The van der Waals surface area contributed by atoms with Gasteiger partial charge in [-0.05, 0) is 172 Å². The van der Waals surface area contributed by atoms with E-state index in [0.717, 1.165) is 94.6 Å². The summed E-state index contributed by atoms with van der Waals surface area (Å²) in [5.41, 5.74) is 26.6. The first-order chi connectivity index (χ1) is 55.5. The minimum atomic E-state index is 0.653. The molecule has 6 aromatic heterocycles. The summed E-state index contributed by atoms with van der Waals surface area (Å²) in [5.74, 6) is 1.37. The Kier molecular flexibility index (Phi) is 15.1. The van der Waals surface area contributed by atoms with Gasteiger partial charge in [0.05, 0.1) is 66.6 Å². The zero-order valence-corrected chi connectivity index (χ0v) is 60.7. The van der Waals surface area contributed by atoms with Gasteiger partial charge in [-0.2, -0.15) is 0 Å². The molecule has 522 valence electrons. The van der Waals surface area contributed by atoms with Crippen LogP contribution in [0.5, 0.6) is 0 Å². The van der Waals surface area contributed by atoms with Crippen LogP contribution in [0, 0.1) is 0 Å². The lowest BCUT2D eigenvalue weighted by Gasteiger charge is -2.13. The number of hydrogen-bond acceptors (Lipinski definition) is 4.